The zero-order chi connectivity index (χ0) is 23.1. The monoisotopic (exact) mass is 472 g/mol. The molecule has 2 aromatic carbocycles. The van der Waals surface area contributed by atoms with E-state index < -0.39 is 10.0 Å². The molecule has 168 valence electrons. The van der Waals surface area contributed by atoms with E-state index in [1.165, 1.54) is 37.6 Å². The fraction of sp³-hybridized carbons (Fsp3) is 0.227. The first-order valence-electron chi connectivity index (χ1n) is 9.84. The lowest BCUT2D eigenvalue weighted by Gasteiger charge is -2.11. The second kappa shape index (κ2) is 10.5. The summed E-state index contributed by atoms with van der Waals surface area (Å²) in [5.41, 5.74) is 2.29. The first-order valence-corrected chi connectivity index (χ1v) is 12.2. The molecule has 0 aliphatic rings. The molecule has 0 bridgehead atoms. The van der Waals surface area contributed by atoms with Crippen molar-refractivity contribution in [3.8, 4) is 11.3 Å². The Morgan fingerprint density at radius 3 is 2.34 bits per heavy atom. The summed E-state index contributed by atoms with van der Waals surface area (Å²) in [4.78, 5) is 28.7. The van der Waals surface area contributed by atoms with E-state index in [0.29, 0.717) is 10.8 Å². The van der Waals surface area contributed by atoms with Crippen LogP contribution in [0.1, 0.15) is 12.0 Å². The number of benzene rings is 2. The predicted octanol–water partition coefficient (Wildman–Crippen LogP) is 2.75. The number of hydrogen-bond acceptors (Lipinski definition) is 6. The summed E-state index contributed by atoms with van der Waals surface area (Å²) in [6.45, 7) is 0.234. The maximum absolute atomic E-state index is 12.2. The molecule has 3 rings (SSSR count). The Kier molecular flexibility index (Phi) is 7.73. The van der Waals surface area contributed by atoms with Crippen LogP contribution in [0.4, 0.5) is 5.13 Å². The van der Waals surface area contributed by atoms with E-state index in [0.717, 1.165) is 15.4 Å². The first-order chi connectivity index (χ1) is 15.3. The van der Waals surface area contributed by atoms with Crippen LogP contribution in [0.5, 0.6) is 0 Å². The highest BCUT2D eigenvalue weighted by Gasteiger charge is 2.17. The molecule has 32 heavy (non-hydrogen) atoms. The minimum absolute atomic E-state index is 0.131. The summed E-state index contributed by atoms with van der Waals surface area (Å²) in [6, 6.07) is 15.8. The lowest BCUT2D eigenvalue weighted by Crippen LogP contribution is -2.28. The molecule has 3 aromatic rings. The van der Waals surface area contributed by atoms with Crippen molar-refractivity contribution in [2.24, 2.45) is 0 Å². The quantitative estimate of drug-likeness (QED) is 0.498. The molecule has 1 heterocycles. The van der Waals surface area contributed by atoms with E-state index >= 15 is 0 Å². The van der Waals surface area contributed by atoms with E-state index in [-0.39, 0.29) is 36.1 Å². The summed E-state index contributed by atoms with van der Waals surface area (Å²) in [6.07, 6.45) is 0.402. The summed E-state index contributed by atoms with van der Waals surface area (Å²) in [7, 11) is -0.532. The number of sulfonamides is 1. The first kappa shape index (κ1) is 23.6. The van der Waals surface area contributed by atoms with E-state index in [1.807, 2.05) is 30.3 Å². The smallest absolute Gasteiger partial charge is 0.242 e. The molecule has 0 radical (unpaired) electrons. The third kappa shape index (κ3) is 6.22. The van der Waals surface area contributed by atoms with Gasteiger partial charge in [-0.3, -0.25) is 9.59 Å². The second-order valence-corrected chi connectivity index (χ2v) is 10.2. The van der Waals surface area contributed by atoms with Crippen molar-refractivity contribution in [3.63, 3.8) is 0 Å². The van der Waals surface area contributed by atoms with Gasteiger partial charge in [-0.1, -0.05) is 42.5 Å². The van der Waals surface area contributed by atoms with Crippen LogP contribution in [0.25, 0.3) is 11.3 Å². The summed E-state index contributed by atoms with van der Waals surface area (Å²) >= 11 is 1.27. The molecule has 0 saturated heterocycles. The van der Waals surface area contributed by atoms with Crippen molar-refractivity contribution >= 4 is 38.3 Å². The van der Waals surface area contributed by atoms with Crippen LogP contribution in [0, 0.1) is 0 Å². The molecule has 0 saturated carbocycles. The largest absolute Gasteiger partial charge is 0.355 e. The molecule has 2 amide bonds. The highest BCUT2D eigenvalue weighted by Crippen LogP contribution is 2.26. The fourth-order valence-corrected chi connectivity index (χ4v) is 4.45. The number of carbonyl (C=O) groups excluding carboxylic acids is 2. The third-order valence-corrected chi connectivity index (χ3v) is 7.15. The van der Waals surface area contributed by atoms with Gasteiger partial charge in [-0.15, -0.1) is 11.3 Å². The standard InChI is InChI=1S/C22H24N4O4S2/c1-26(2)32(29,30)18-10-8-17(9-11-18)19-15-31-22(24-19)25-20(27)12-13-23-21(28)14-16-6-4-3-5-7-16/h3-11,15H,12-14H2,1-2H3,(H,23,28)(H,24,25,27). The molecule has 0 aliphatic heterocycles. The van der Waals surface area contributed by atoms with Crippen LogP contribution in [0.2, 0.25) is 0 Å². The van der Waals surface area contributed by atoms with Gasteiger partial charge in [0, 0.05) is 38.0 Å². The van der Waals surface area contributed by atoms with Crippen molar-refractivity contribution in [1.29, 1.82) is 0 Å². The van der Waals surface area contributed by atoms with Crippen molar-refractivity contribution < 1.29 is 18.0 Å². The SMILES string of the molecule is CN(C)S(=O)(=O)c1ccc(-c2csc(NC(=O)CCNC(=O)Cc3ccccc3)n2)cc1. The van der Waals surface area contributed by atoms with E-state index in [9.17, 15) is 18.0 Å². The topological polar surface area (TPSA) is 108 Å². The number of amides is 2. The number of nitrogens with zero attached hydrogens (tertiary/aromatic N) is 2. The van der Waals surface area contributed by atoms with Crippen molar-refractivity contribution in [3.05, 3.63) is 65.5 Å². The molecule has 0 unspecified atom stereocenters. The fourth-order valence-electron chi connectivity index (χ4n) is 2.81. The molecule has 1 aromatic heterocycles. The van der Waals surface area contributed by atoms with Crippen LogP contribution in [0.3, 0.4) is 0 Å². The van der Waals surface area contributed by atoms with Crippen LogP contribution in [0.15, 0.2) is 64.9 Å². The maximum Gasteiger partial charge on any atom is 0.242 e. The number of nitrogens with one attached hydrogen (secondary N) is 2. The molecule has 0 atom stereocenters. The van der Waals surface area contributed by atoms with E-state index in [1.54, 1.807) is 17.5 Å². The molecular weight excluding hydrogens is 448 g/mol. The lowest BCUT2D eigenvalue weighted by molar-refractivity contribution is -0.120. The van der Waals surface area contributed by atoms with Crippen LogP contribution < -0.4 is 10.6 Å². The van der Waals surface area contributed by atoms with Gasteiger partial charge in [-0.2, -0.15) is 0 Å². The minimum atomic E-state index is -3.49. The van der Waals surface area contributed by atoms with Gasteiger partial charge in [0.15, 0.2) is 5.13 Å². The number of hydrogen-bond donors (Lipinski definition) is 2. The average molecular weight is 473 g/mol. The van der Waals surface area contributed by atoms with E-state index in [2.05, 4.69) is 15.6 Å². The van der Waals surface area contributed by atoms with Gasteiger partial charge in [-0.25, -0.2) is 17.7 Å². The third-order valence-electron chi connectivity index (χ3n) is 4.56. The van der Waals surface area contributed by atoms with Gasteiger partial charge in [-0.05, 0) is 17.7 Å². The van der Waals surface area contributed by atoms with Gasteiger partial charge in [0.1, 0.15) is 0 Å². The Morgan fingerprint density at radius 1 is 1.00 bits per heavy atom. The molecule has 10 heteroatoms. The Labute approximate surface area is 191 Å². The summed E-state index contributed by atoms with van der Waals surface area (Å²) in [5, 5.41) is 7.68. The van der Waals surface area contributed by atoms with Gasteiger partial charge in [0.25, 0.3) is 0 Å². The van der Waals surface area contributed by atoms with Crippen LogP contribution in [-0.2, 0) is 26.0 Å². The van der Waals surface area contributed by atoms with Crippen molar-refractivity contribution in [2.75, 3.05) is 26.0 Å². The number of aromatic nitrogens is 1. The predicted molar refractivity (Wildman–Crippen MR) is 125 cm³/mol. The van der Waals surface area contributed by atoms with Crippen molar-refractivity contribution in [2.45, 2.75) is 17.7 Å². The Morgan fingerprint density at radius 2 is 1.69 bits per heavy atom. The summed E-state index contributed by atoms with van der Waals surface area (Å²) < 4.78 is 25.5. The second-order valence-electron chi connectivity index (χ2n) is 7.16. The van der Waals surface area contributed by atoms with Gasteiger partial charge >= 0.3 is 0 Å². The molecule has 8 nitrogen and oxygen atoms in total. The van der Waals surface area contributed by atoms with Gasteiger partial charge in [0.2, 0.25) is 21.8 Å². The minimum Gasteiger partial charge on any atom is -0.355 e. The molecule has 0 aliphatic carbocycles. The maximum atomic E-state index is 12.2. The van der Waals surface area contributed by atoms with Gasteiger partial charge < -0.3 is 10.6 Å². The number of carbonyl (C=O) groups is 2. The van der Waals surface area contributed by atoms with Gasteiger partial charge in [0.05, 0.1) is 17.0 Å². The average Bonchev–Trinajstić information content (AvgIpc) is 3.22. The number of thiazole rings is 1. The Balaban J connectivity index is 1.49. The molecule has 0 spiro atoms. The lowest BCUT2D eigenvalue weighted by atomic mass is 10.1. The van der Waals surface area contributed by atoms with E-state index in [4.69, 9.17) is 0 Å². The highest BCUT2D eigenvalue weighted by atomic mass is 32.2. The highest BCUT2D eigenvalue weighted by molar-refractivity contribution is 7.89. The Bertz CT molecular complexity index is 1170. The normalized spacial score (nSPS) is 11.3. The van der Waals surface area contributed by atoms with Crippen LogP contribution in [-0.4, -0.2) is 50.2 Å². The van der Waals surface area contributed by atoms with Crippen molar-refractivity contribution in [1.82, 2.24) is 14.6 Å². The van der Waals surface area contributed by atoms with Crippen LogP contribution >= 0.6 is 11.3 Å². The summed E-state index contributed by atoms with van der Waals surface area (Å²) in [5.74, 6) is -0.390. The molecular formula is C22H24N4O4S2. The number of rotatable bonds is 9. The molecule has 2 N–H and O–H groups in total. The number of anilines is 1. The Hall–Kier alpha value is -3.08. The molecule has 0 fully saturated rings. The zero-order valence-electron chi connectivity index (χ0n) is 17.7. The zero-order valence-corrected chi connectivity index (χ0v) is 19.4.